The molecule has 1 aromatic carbocycles. The average Bonchev–Trinajstić information content (AvgIpc) is 2.17. The van der Waals surface area contributed by atoms with E-state index in [4.69, 9.17) is 5.11 Å². The third kappa shape index (κ3) is 2.28. The third-order valence-corrected chi connectivity index (χ3v) is 4.72. The van der Waals surface area contributed by atoms with Crippen LogP contribution in [-0.4, -0.2) is 32.1 Å². The van der Waals surface area contributed by atoms with Gasteiger partial charge in [0.25, 0.3) is 4.20 Å². The summed E-state index contributed by atoms with van der Waals surface area (Å²) >= 11 is 0. The van der Waals surface area contributed by atoms with E-state index in [-0.39, 0.29) is 4.90 Å². The number of hydrogen-bond acceptors (Lipinski definition) is 5. The molecule has 1 N–H and O–H groups in total. The Hall–Kier alpha value is -1.67. The van der Waals surface area contributed by atoms with Gasteiger partial charge in [0.2, 0.25) is 20.1 Å². The van der Waals surface area contributed by atoms with Crippen molar-refractivity contribution in [2.24, 2.45) is 0 Å². The highest BCUT2D eigenvalue weighted by Gasteiger charge is 2.30. The van der Waals surface area contributed by atoms with Gasteiger partial charge in [-0.1, -0.05) is 18.2 Å². The highest BCUT2D eigenvalue weighted by molar-refractivity contribution is 8.17. The SMILES string of the molecule is O=C(O)C(=S(=O)=O)S(=O)(=O)c1ccccc1. The number of benzene rings is 1. The van der Waals surface area contributed by atoms with Gasteiger partial charge in [-0.2, -0.15) is 8.42 Å². The molecule has 0 aliphatic carbocycles. The van der Waals surface area contributed by atoms with E-state index >= 15 is 0 Å². The van der Waals surface area contributed by atoms with Crippen LogP contribution in [0.2, 0.25) is 0 Å². The second-order valence-electron chi connectivity index (χ2n) is 2.64. The Morgan fingerprint density at radius 2 is 1.62 bits per heavy atom. The van der Waals surface area contributed by atoms with Crippen LogP contribution in [0.5, 0.6) is 0 Å². The molecule has 86 valence electrons. The number of carbonyl (C=O) groups is 1. The first-order chi connectivity index (χ1) is 7.37. The van der Waals surface area contributed by atoms with Crippen molar-refractivity contribution >= 4 is 30.3 Å². The molecule has 0 aliphatic heterocycles. The minimum absolute atomic E-state index is 0.378. The van der Waals surface area contributed by atoms with E-state index in [0.29, 0.717) is 0 Å². The number of aliphatic carboxylic acids is 1. The monoisotopic (exact) mass is 262 g/mol. The normalized spacial score (nSPS) is 10.8. The smallest absolute Gasteiger partial charge is 0.363 e. The fourth-order valence-corrected chi connectivity index (χ4v) is 3.09. The van der Waals surface area contributed by atoms with Crippen LogP contribution in [0.1, 0.15) is 0 Å². The summed E-state index contributed by atoms with van der Waals surface area (Å²) in [6, 6.07) is 6.48. The van der Waals surface area contributed by atoms with Crippen molar-refractivity contribution in [1.82, 2.24) is 0 Å². The Bertz CT molecular complexity index is 631. The first-order valence-corrected chi connectivity index (χ1v) is 6.43. The fraction of sp³-hybridized carbons (Fsp3) is 0. The molecule has 0 saturated carbocycles. The van der Waals surface area contributed by atoms with E-state index in [1.165, 1.54) is 18.2 Å². The van der Waals surface area contributed by atoms with E-state index in [9.17, 15) is 21.6 Å². The molecule has 0 heterocycles. The van der Waals surface area contributed by atoms with Crippen molar-refractivity contribution in [3.63, 3.8) is 0 Å². The predicted molar refractivity (Wildman–Crippen MR) is 55.2 cm³/mol. The van der Waals surface area contributed by atoms with Crippen molar-refractivity contribution in [1.29, 1.82) is 0 Å². The topological polar surface area (TPSA) is 106 Å². The van der Waals surface area contributed by atoms with E-state index in [0.717, 1.165) is 12.1 Å². The van der Waals surface area contributed by atoms with Gasteiger partial charge in [0.15, 0.2) is 0 Å². The van der Waals surface area contributed by atoms with Gasteiger partial charge in [-0.05, 0) is 12.1 Å². The summed E-state index contributed by atoms with van der Waals surface area (Å²) in [5.41, 5.74) is 0. The lowest BCUT2D eigenvalue weighted by molar-refractivity contribution is -0.128. The number of hydrogen-bond donors (Lipinski definition) is 1. The summed E-state index contributed by atoms with van der Waals surface area (Å²) in [7, 11) is -7.82. The maximum absolute atomic E-state index is 11.6. The second-order valence-corrected chi connectivity index (χ2v) is 5.67. The minimum Gasteiger partial charge on any atom is -0.476 e. The Kier molecular flexibility index (Phi) is 3.45. The third-order valence-electron chi connectivity index (χ3n) is 1.62. The highest BCUT2D eigenvalue weighted by atomic mass is 32.2. The van der Waals surface area contributed by atoms with E-state index in [1.54, 1.807) is 0 Å². The number of sulfone groups is 1. The largest absolute Gasteiger partial charge is 0.476 e. The van der Waals surface area contributed by atoms with Gasteiger partial charge in [-0.15, -0.1) is 0 Å². The molecule has 8 heteroatoms. The van der Waals surface area contributed by atoms with Crippen LogP contribution in [-0.2, 0) is 24.9 Å². The zero-order valence-corrected chi connectivity index (χ0v) is 9.32. The summed E-state index contributed by atoms with van der Waals surface area (Å²) in [6.07, 6.45) is 0. The van der Waals surface area contributed by atoms with Crippen molar-refractivity contribution in [3.05, 3.63) is 30.3 Å². The first-order valence-electron chi connectivity index (χ1n) is 3.87. The van der Waals surface area contributed by atoms with E-state index < -0.39 is 30.3 Å². The van der Waals surface area contributed by atoms with E-state index in [1.807, 2.05) is 0 Å². The molecule has 0 saturated heterocycles. The second kappa shape index (κ2) is 4.45. The zero-order valence-electron chi connectivity index (χ0n) is 7.69. The Morgan fingerprint density at radius 1 is 1.12 bits per heavy atom. The molecule has 0 aromatic heterocycles. The predicted octanol–water partition coefficient (Wildman–Crippen LogP) is -0.446. The van der Waals surface area contributed by atoms with Gasteiger partial charge in [-0.25, -0.2) is 13.2 Å². The summed E-state index contributed by atoms with van der Waals surface area (Å²) in [5, 5.41) is 8.53. The van der Waals surface area contributed by atoms with Gasteiger partial charge in [0.05, 0.1) is 4.90 Å². The van der Waals surface area contributed by atoms with Crippen LogP contribution >= 0.6 is 0 Å². The van der Waals surface area contributed by atoms with Crippen LogP contribution in [0.25, 0.3) is 0 Å². The maximum Gasteiger partial charge on any atom is 0.363 e. The Balaban J connectivity index is 3.57. The van der Waals surface area contributed by atoms with E-state index in [2.05, 4.69) is 0 Å². The van der Waals surface area contributed by atoms with Crippen molar-refractivity contribution in [2.75, 3.05) is 0 Å². The number of carboxylic acids is 1. The lowest BCUT2D eigenvalue weighted by atomic mass is 10.4. The Morgan fingerprint density at radius 3 is 2.00 bits per heavy atom. The molecule has 0 radical (unpaired) electrons. The van der Waals surface area contributed by atoms with Crippen molar-refractivity contribution in [2.45, 2.75) is 4.90 Å². The quantitative estimate of drug-likeness (QED) is 0.687. The van der Waals surface area contributed by atoms with Crippen LogP contribution < -0.4 is 0 Å². The Labute approximate surface area is 92.6 Å². The molecule has 1 rings (SSSR count). The van der Waals surface area contributed by atoms with Gasteiger partial charge < -0.3 is 5.11 Å². The molecule has 0 amide bonds. The highest BCUT2D eigenvalue weighted by Crippen LogP contribution is 2.11. The number of rotatable bonds is 1. The molecule has 6 nitrogen and oxygen atoms in total. The fourth-order valence-electron chi connectivity index (χ4n) is 0.982. The molecule has 0 unspecified atom stereocenters. The molecule has 0 aliphatic rings. The number of carboxylic acid groups (broad SMARTS) is 1. The summed E-state index contributed by atoms with van der Waals surface area (Å²) in [4.78, 5) is 10.2. The minimum atomic E-state index is -4.50. The van der Waals surface area contributed by atoms with Crippen molar-refractivity contribution < 1.29 is 26.7 Å². The molecule has 0 atom stereocenters. The molecule has 0 bridgehead atoms. The van der Waals surface area contributed by atoms with Gasteiger partial charge >= 0.3 is 5.97 Å². The van der Waals surface area contributed by atoms with Crippen molar-refractivity contribution in [3.8, 4) is 0 Å². The van der Waals surface area contributed by atoms with Crippen LogP contribution in [0, 0.1) is 0 Å². The summed E-state index contributed by atoms with van der Waals surface area (Å²) in [5.74, 6) is -2.00. The summed E-state index contributed by atoms with van der Waals surface area (Å²) < 4.78 is 42.8. The summed E-state index contributed by atoms with van der Waals surface area (Å²) in [6.45, 7) is 0. The molecular formula is C8H6O6S2. The van der Waals surface area contributed by atoms with Crippen LogP contribution in [0.15, 0.2) is 35.2 Å². The molecule has 0 fully saturated rings. The van der Waals surface area contributed by atoms with Crippen LogP contribution in [0.4, 0.5) is 0 Å². The maximum atomic E-state index is 11.6. The van der Waals surface area contributed by atoms with Gasteiger partial charge in [-0.3, -0.25) is 0 Å². The zero-order chi connectivity index (χ0) is 12.3. The molecule has 1 aromatic rings. The standard InChI is InChI=1S/C8H6O6S2/c9-7(10)8(15(11)12)16(13,14)6-4-2-1-3-5-6/h1-5H,(H,9,10). The van der Waals surface area contributed by atoms with Gasteiger partial charge in [0.1, 0.15) is 0 Å². The first kappa shape index (κ1) is 12.4. The lowest BCUT2D eigenvalue weighted by Crippen LogP contribution is -2.25. The molecule has 0 spiro atoms. The lowest BCUT2D eigenvalue weighted by Gasteiger charge is -2.00. The molecule has 16 heavy (non-hydrogen) atoms. The van der Waals surface area contributed by atoms with Gasteiger partial charge in [0, 0.05) is 0 Å². The molecular weight excluding hydrogens is 256 g/mol. The average molecular weight is 262 g/mol. The van der Waals surface area contributed by atoms with Crippen LogP contribution in [0.3, 0.4) is 0 Å².